The quantitative estimate of drug-likeness (QED) is 0.693. The number of hydrogen-bond donors (Lipinski definition) is 2. The van der Waals surface area contributed by atoms with E-state index < -0.39 is 5.95 Å². The number of unbranched alkanes of at least 4 members (excludes halogenated alkanes) is 1. The molecule has 0 unspecified atom stereocenters. The minimum Gasteiger partial charge on any atom is -0.478 e. The van der Waals surface area contributed by atoms with Gasteiger partial charge in [-0.2, -0.15) is 0 Å². The van der Waals surface area contributed by atoms with Crippen molar-refractivity contribution in [3.05, 3.63) is 23.0 Å². The third-order valence-corrected chi connectivity index (χ3v) is 1.55. The summed E-state index contributed by atoms with van der Waals surface area (Å²) in [5, 5.41) is 18.2. The SMILES string of the molecule is CCCC=c1ccoc1=C(O)O. The van der Waals surface area contributed by atoms with E-state index in [0.29, 0.717) is 0 Å². The van der Waals surface area contributed by atoms with E-state index in [1.807, 2.05) is 6.08 Å². The molecule has 0 amide bonds. The summed E-state index contributed by atoms with van der Waals surface area (Å²) in [5.74, 6) is -0.762. The Morgan fingerprint density at radius 3 is 2.92 bits per heavy atom. The van der Waals surface area contributed by atoms with Gasteiger partial charge >= 0.3 is 5.95 Å². The third-order valence-electron chi connectivity index (χ3n) is 1.55. The molecule has 0 fully saturated rings. The molecule has 12 heavy (non-hydrogen) atoms. The number of furan rings is 1. The monoisotopic (exact) mass is 168 g/mol. The summed E-state index contributed by atoms with van der Waals surface area (Å²) in [6, 6.07) is 1.71. The van der Waals surface area contributed by atoms with Crippen LogP contribution in [0, 0.1) is 0 Å². The molecule has 0 aliphatic rings. The van der Waals surface area contributed by atoms with Gasteiger partial charge in [0.1, 0.15) is 0 Å². The third kappa shape index (κ3) is 1.81. The first-order chi connectivity index (χ1) is 5.75. The Labute approximate surface area is 70.3 Å². The first kappa shape index (κ1) is 8.71. The molecule has 1 aromatic heterocycles. The fraction of sp³-hybridized carbons (Fsp3) is 0.333. The van der Waals surface area contributed by atoms with E-state index in [0.717, 1.165) is 18.1 Å². The van der Waals surface area contributed by atoms with Crippen LogP contribution < -0.4 is 10.6 Å². The lowest BCUT2D eigenvalue weighted by Crippen LogP contribution is -2.22. The second-order valence-corrected chi connectivity index (χ2v) is 2.52. The smallest absolute Gasteiger partial charge is 0.319 e. The molecule has 0 saturated heterocycles. The minimum atomic E-state index is -0.762. The van der Waals surface area contributed by atoms with Crippen molar-refractivity contribution in [3.8, 4) is 0 Å². The Hall–Kier alpha value is -1.38. The molecule has 0 saturated carbocycles. The van der Waals surface area contributed by atoms with Crippen LogP contribution in [0.4, 0.5) is 0 Å². The summed E-state index contributed by atoms with van der Waals surface area (Å²) in [6.07, 6.45) is 5.27. The summed E-state index contributed by atoms with van der Waals surface area (Å²) >= 11 is 0. The molecule has 0 atom stereocenters. The van der Waals surface area contributed by atoms with Crippen LogP contribution in [0.25, 0.3) is 12.0 Å². The zero-order valence-electron chi connectivity index (χ0n) is 6.95. The molecule has 1 rings (SSSR count). The van der Waals surface area contributed by atoms with Crippen LogP contribution in [0.5, 0.6) is 0 Å². The first-order valence-corrected chi connectivity index (χ1v) is 3.91. The summed E-state index contributed by atoms with van der Waals surface area (Å²) < 4.78 is 4.85. The molecule has 0 bridgehead atoms. The highest BCUT2D eigenvalue weighted by Crippen LogP contribution is 1.86. The second kappa shape index (κ2) is 3.85. The Balaban J connectivity index is 3.17. The fourth-order valence-corrected chi connectivity index (χ4v) is 0.961. The van der Waals surface area contributed by atoms with E-state index >= 15 is 0 Å². The average Bonchev–Trinajstić information content (AvgIpc) is 2.48. The van der Waals surface area contributed by atoms with Gasteiger partial charge in [0.05, 0.1) is 6.26 Å². The Morgan fingerprint density at radius 2 is 2.33 bits per heavy atom. The van der Waals surface area contributed by atoms with Gasteiger partial charge in [0.25, 0.3) is 0 Å². The lowest BCUT2D eigenvalue weighted by Gasteiger charge is -1.83. The van der Waals surface area contributed by atoms with Crippen LogP contribution in [0.3, 0.4) is 0 Å². The molecule has 0 aliphatic carbocycles. The van der Waals surface area contributed by atoms with Gasteiger partial charge in [-0.3, -0.25) is 0 Å². The lowest BCUT2D eigenvalue weighted by molar-refractivity contribution is 0.282. The van der Waals surface area contributed by atoms with E-state index in [-0.39, 0.29) is 5.42 Å². The van der Waals surface area contributed by atoms with Crippen LogP contribution in [-0.2, 0) is 0 Å². The van der Waals surface area contributed by atoms with E-state index in [9.17, 15) is 0 Å². The molecule has 2 N–H and O–H groups in total. The number of rotatable bonds is 2. The molecular weight excluding hydrogens is 156 g/mol. The van der Waals surface area contributed by atoms with Gasteiger partial charge in [-0.1, -0.05) is 19.4 Å². The second-order valence-electron chi connectivity index (χ2n) is 2.52. The van der Waals surface area contributed by atoms with Crippen LogP contribution in [0.15, 0.2) is 16.7 Å². The van der Waals surface area contributed by atoms with Crippen molar-refractivity contribution in [1.29, 1.82) is 0 Å². The van der Waals surface area contributed by atoms with Gasteiger partial charge in [-0.25, -0.2) is 0 Å². The standard InChI is InChI=1S/C9H12O3/c1-2-3-4-7-5-6-12-8(7)9(10)11/h4-6,10-11H,2-3H2,1H3. The normalized spacial score (nSPS) is 11.9. The fourth-order valence-electron chi connectivity index (χ4n) is 0.961. The summed E-state index contributed by atoms with van der Waals surface area (Å²) in [6.45, 7) is 2.05. The van der Waals surface area contributed by atoms with Gasteiger partial charge in [-0.05, 0) is 12.5 Å². The lowest BCUT2D eigenvalue weighted by atomic mass is 10.3. The predicted octanol–water partition coefficient (Wildman–Crippen LogP) is 1.04. The zero-order chi connectivity index (χ0) is 8.97. The van der Waals surface area contributed by atoms with E-state index in [2.05, 4.69) is 6.92 Å². The summed E-state index contributed by atoms with van der Waals surface area (Å²) in [7, 11) is 0. The highest BCUT2D eigenvalue weighted by atomic mass is 16.5. The molecule has 0 spiro atoms. The molecule has 66 valence electrons. The molecule has 0 radical (unpaired) electrons. The van der Waals surface area contributed by atoms with E-state index in [1.165, 1.54) is 6.26 Å². The predicted molar refractivity (Wildman–Crippen MR) is 46.0 cm³/mol. The van der Waals surface area contributed by atoms with Crippen LogP contribution >= 0.6 is 0 Å². The largest absolute Gasteiger partial charge is 0.478 e. The highest BCUT2D eigenvalue weighted by molar-refractivity contribution is 5.27. The first-order valence-electron chi connectivity index (χ1n) is 3.91. The number of hydrogen-bond acceptors (Lipinski definition) is 3. The van der Waals surface area contributed by atoms with Gasteiger partial charge in [0, 0.05) is 5.22 Å². The van der Waals surface area contributed by atoms with E-state index in [1.54, 1.807) is 6.07 Å². The molecule has 3 heteroatoms. The van der Waals surface area contributed by atoms with Crippen molar-refractivity contribution in [2.45, 2.75) is 19.8 Å². The maximum atomic E-state index is 8.75. The number of aliphatic hydroxyl groups excluding tert-OH is 1. The van der Waals surface area contributed by atoms with Crippen molar-refractivity contribution >= 4 is 12.0 Å². The summed E-state index contributed by atoms with van der Waals surface area (Å²) in [5.41, 5.74) is 0.142. The van der Waals surface area contributed by atoms with E-state index in [4.69, 9.17) is 14.6 Å². The summed E-state index contributed by atoms with van der Waals surface area (Å²) in [4.78, 5) is 0. The Morgan fingerprint density at radius 1 is 1.58 bits per heavy atom. The Kier molecular flexibility index (Phi) is 2.80. The maximum absolute atomic E-state index is 8.75. The maximum Gasteiger partial charge on any atom is 0.319 e. The molecule has 3 nitrogen and oxygen atoms in total. The molecule has 1 heterocycles. The van der Waals surface area contributed by atoms with Crippen molar-refractivity contribution in [1.82, 2.24) is 0 Å². The molecule has 0 aromatic carbocycles. The topological polar surface area (TPSA) is 53.6 Å². The van der Waals surface area contributed by atoms with Crippen LogP contribution in [0.1, 0.15) is 19.8 Å². The van der Waals surface area contributed by atoms with Gasteiger partial charge in [0.2, 0.25) is 5.42 Å². The number of aliphatic hydroxyl groups is 2. The van der Waals surface area contributed by atoms with Gasteiger partial charge in [0.15, 0.2) is 0 Å². The van der Waals surface area contributed by atoms with Crippen molar-refractivity contribution < 1.29 is 14.6 Å². The molecule has 0 aliphatic heterocycles. The van der Waals surface area contributed by atoms with Crippen molar-refractivity contribution in [2.75, 3.05) is 0 Å². The highest BCUT2D eigenvalue weighted by Gasteiger charge is 1.94. The van der Waals surface area contributed by atoms with Gasteiger partial charge in [-0.15, -0.1) is 0 Å². The average molecular weight is 168 g/mol. The minimum absolute atomic E-state index is 0.142. The molecular formula is C9H12O3. The van der Waals surface area contributed by atoms with Crippen molar-refractivity contribution in [2.24, 2.45) is 0 Å². The molecule has 1 aromatic rings. The van der Waals surface area contributed by atoms with Crippen molar-refractivity contribution in [3.63, 3.8) is 0 Å². The Bertz CT molecular complexity index is 344. The van der Waals surface area contributed by atoms with Crippen LogP contribution in [-0.4, -0.2) is 10.2 Å². The van der Waals surface area contributed by atoms with Gasteiger partial charge < -0.3 is 14.6 Å². The van der Waals surface area contributed by atoms with Crippen LogP contribution in [0.2, 0.25) is 0 Å². The zero-order valence-corrected chi connectivity index (χ0v) is 6.95.